The molecular weight excluding hydrogens is 401 g/mol. The minimum atomic E-state index is -2.87. The maximum Gasteiger partial charge on any atom is 0.387 e. The standard InChI is InChI=1S/C18H16Cl2F2N2O3/c19-12-3-6-14(15(20)9-12)17(26)24-10-16(25)23-8-7-11-1-4-13(5-2-11)27-18(21)22/h1-6,9,18H,7-8,10H2,(H,23,25)(H,24,26). The zero-order valence-corrected chi connectivity index (χ0v) is 15.5. The van der Waals surface area contributed by atoms with Gasteiger partial charge in [-0.25, -0.2) is 0 Å². The van der Waals surface area contributed by atoms with E-state index in [1.807, 2.05) is 0 Å². The number of benzene rings is 2. The van der Waals surface area contributed by atoms with Crippen molar-refractivity contribution in [2.75, 3.05) is 13.1 Å². The summed E-state index contributed by atoms with van der Waals surface area (Å²) < 4.78 is 28.4. The Kier molecular flexibility index (Phi) is 7.82. The smallest absolute Gasteiger partial charge is 0.387 e. The lowest BCUT2D eigenvalue weighted by atomic mass is 10.1. The van der Waals surface area contributed by atoms with E-state index in [1.165, 1.54) is 30.3 Å². The predicted octanol–water partition coefficient (Wildman–Crippen LogP) is 3.68. The average Bonchev–Trinajstić information content (AvgIpc) is 2.61. The van der Waals surface area contributed by atoms with Gasteiger partial charge in [0.15, 0.2) is 0 Å². The van der Waals surface area contributed by atoms with E-state index in [9.17, 15) is 18.4 Å². The number of alkyl halides is 2. The van der Waals surface area contributed by atoms with Gasteiger partial charge < -0.3 is 15.4 Å². The van der Waals surface area contributed by atoms with Gasteiger partial charge in [0.1, 0.15) is 5.75 Å². The maximum atomic E-state index is 12.1. The first-order valence-electron chi connectivity index (χ1n) is 7.89. The van der Waals surface area contributed by atoms with Crippen LogP contribution in [0.4, 0.5) is 8.78 Å². The van der Waals surface area contributed by atoms with Crippen molar-refractivity contribution < 1.29 is 23.1 Å². The van der Waals surface area contributed by atoms with Crippen molar-refractivity contribution in [3.63, 3.8) is 0 Å². The molecule has 0 aliphatic rings. The van der Waals surface area contributed by atoms with Crippen molar-refractivity contribution in [2.24, 2.45) is 0 Å². The van der Waals surface area contributed by atoms with Crippen LogP contribution in [0.25, 0.3) is 0 Å². The fourth-order valence-corrected chi connectivity index (χ4v) is 2.67. The van der Waals surface area contributed by atoms with Crippen molar-refractivity contribution in [1.29, 1.82) is 0 Å². The number of carbonyl (C=O) groups is 2. The van der Waals surface area contributed by atoms with Gasteiger partial charge in [0.2, 0.25) is 5.91 Å². The molecule has 5 nitrogen and oxygen atoms in total. The molecule has 0 atom stereocenters. The van der Waals surface area contributed by atoms with E-state index in [-0.39, 0.29) is 28.8 Å². The van der Waals surface area contributed by atoms with Crippen LogP contribution in [-0.4, -0.2) is 31.5 Å². The van der Waals surface area contributed by atoms with Crippen LogP contribution in [-0.2, 0) is 11.2 Å². The highest BCUT2D eigenvalue weighted by molar-refractivity contribution is 6.36. The van der Waals surface area contributed by atoms with Gasteiger partial charge in [0.25, 0.3) is 5.91 Å². The summed E-state index contributed by atoms with van der Waals surface area (Å²) in [5, 5.41) is 5.72. The molecule has 0 unspecified atom stereocenters. The molecule has 2 N–H and O–H groups in total. The summed E-state index contributed by atoms with van der Waals surface area (Å²) in [4.78, 5) is 23.8. The maximum absolute atomic E-state index is 12.1. The van der Waals surface area contributed by atoms with Crippen LogP contribution in [0.5, 0.6) is 5.75 Å². The molecule has 0 aromatic heterocycles. The Balaban J connectivity index is 1.72. The van der Waals surface area contributed by atoms with Crippen molar-refractivity contribution >= 4 is 35.0 Å². The zero-order chi connectivity index (χ0) is 19.8. The molecule has 2 aromatic carbocycles. The summed E-state index contributed by atoms with van der Waals surface area (Å²) in [6.45, 7) is -2.75. The highest BCUT2D eigenvalue weighted by Gasteiger charge is 2.12. The van der Waals surface area contributed by atoms with Crippen molar-refractivity contribution in [3.8, 4) is 5.75 Å². The van der Waals surface area contributed by atoms with Crippen LogP contribution in [0.2, 0.25) is 10.0 Å². The second-order valence-electron chi connectivity index (χ2n) is 5.43. The van der Waals surface area contributed by atoms with Crippen LogP contribution in [0, 0.1) is 0 Å². The molecule has 2 aromatic rings. The second kappa shape index (κ2) is 10.1. The molecule has 144 valence electrons. The van der Waals surface area contributed by atoms with E-state index in [1.54, 1.807) is 12.1 Å². The van der Waals surface area contributed by atoms with Crippen molar-refractivity contribution in [1.82, 2.24) is 10.6 Å². The second-order valence-corrected chi connectivity index (χ2v) is 6.27. The molecular formula is C18H16Cl2F2N2O3. The molecule has 0 bridgehead atoms. The first-order valence-corrected chi connectivity index (χ1v) is 8.64. The molecule has 0 spiro atoms. The highest BCUT2D eigenvalue weighted by Crippen LogP contribution is 2.20. The summed E-state index contributed by atoms with van der Waals surface area (Å²) in [7, 11) is 0. The molecule has 2 rings (SSSR count). The van der Waals surface area contributed by atoms with Crippen molar-refractivity contribution in [3.05, 3.63) is 63.6 Å². The monoisotopic (exact) mass is 416 g/mol. The van der Waals surface area contributed by atoms with E-state index in [0.29, 0.717) is 18.0 Å². The number of hydrogen-bond donors (Lipinski definition) is 2. The van der Waals surface area contributed by atoms with E-state index in [2.05, 4.69) is 15.4 Å². The van der Waals surface area contributed by atoms with Crippen LogP contribution >= 0.6 is 23.2 Å². The minimum Gasteiger partial charge on any atom is -0.435 e. The minimum absolute atomic E-state index is 0.0707. The lowest BCUT2D eigenvalue weighted by Crippen LogP contribution is -2.37. The third-order valence-electron chi connectivity index (χ3n) is 3.47. The molecule has 0 aliphatic heterocycles. The number of rotatable bonds is 8. The Morgan fingerprint density at radius 1 is 1.04 bits per heavy atom. The Morgan fingerprint density at radius 2 is 1.74 bits per heavy atom. The molecule has 0 saturated carbocycles. The Morgan fingerprint density at radius 3 is 2.37 bits per heavy atom. The summed E-state index contributed by atoms with van der Waals surface area (Å²) >= 11 is 11.7. The molecule has 2 amide bonds. The van der Waals surface area contributed by atoms with Crippen molar-refractivity contribution in [2.45, 2.75) is 13.0 Å². The van der Waals surface area contributed by atoms with Gasteiger partial charge in [-0.05, 0) is 42.3 Å². The summed E-state index contributed by atoms with van der Waals surface area (Å²) in [5.41, 5.74) is 1.06. The topological polar surface area (TPSA) is 67.4 Å². The molecule has 0 saturated heterocycles. The highest BCUT2D eigenvalue weighted by atomic mass is 35.5. The van der Waals surface area contributed by atoms with Gasteiger partial charge in [0, 0.05) is 11.6 Å². The molecule has 0 fully saturated rings. The lowest BCUT2D eigenvalue weighted by molar-refractivity contribution is -0.120. The van der Waals surface area contributed by atoms with Crippen LogP contribution in [0.1, 0.15) is 15.9 Å². The quantitative estimate of drug-likeness (QED) is 0.689. The third kappa shape index (κ3) is 7.03. The summed E-state index contributed by atoms with van der Waals surface area (Å²) in [5.74, 6) is -0.783. The number of nitrogens with one attached hydrogen (secondary N) is 2. The number of ether oxygens (including phenoxy) is 1. The van der Waals surface area contributed by atoms with E-state index >= 15 is 0 Å². The van der Waals surface area contributed by atoms with Gasteiger partial charge in [-0.3, -0.25) is 9.59 Å². The van der Waals surface area contributed by atoms with Crippen LogP contribution in [0.15, 0.2) is 42.5 Å². The summed E-state index contributed by atoms with van der Waals surface area (Å²) in [6.07, 6.45) is 0.498. The first-order chi connectivity index (χ1) is 12.8. The Hall–Kier alpha value is -2.38. The molecule has 27 heavy (non-hydrogen) atoms. The Labute approximate surface area is 164 Å². The average molecular weight is 417 g/mol. The fraction of sp³-hybridized carbons (Fsp3) is 0.222. The number of amides is 2. The van der Waals surface area contributed by atoms with Gasteiger partial charge in [-0.15, -0.1) is 0 Å². The molecule has 0 heterocycles. The molecule has 0 aliphatic carbocycles. The SMILES string of the molecule is O=C(CNC(=O)c1ccc(Cl)cc1Cl)NCCc1ccc(OC(F)F)cc1. The van der Waals surface area contributed by atoms with E-state index in [4.69, 9.17) is 23.2 Å². The summed E-state index contributed by atoms with van der Waals surface area (Å²) in [6, 6.07) is 10.6. The van der Waals surface area contributed by atoms with Crippen LogP contribution < -0.4 is 15.4 Å². The van der Waals surface area contributed by atoms with Crippen LogP contribution in [0.3, 0.4) is 0 Å². The largest absolute Gasteiger partial charge is 0.435 e. The third-order valence-corrected chi connectivity index (χ3v) is 4.02. The number of halogens is 4. The fourth-order valence-electron chi connectivity index (χ4n) is 2.18. The predicted molar refractivity (Wildman–Crippen MR) is 98.6 cm³/mol. The van der Waals surface area contributed by atoms with Gasteiger partial charge in [-0.2, -0.15) is 8.78 Å². The van der Waals surface area contributed by atoms with Gasteiger partial charge in [0.05, 0.1) is 17.1 Å². The van der Waals surface area contributed by atoms with Gasteiger partial charge in [-0.1, -0.05) is 35.3 Å². The lowest BCUT2D eigenvalue weighted by Gasteiger charge is -2.09. The van der Waals surface area contributed by atoms with Gasteiger partial charge >= 0.3 is 6.61 Å². The Bertz CT molecular complexity index is 802. The zero-order valence-electron chi connectivity index (χ0n) is 14.0. The number of carbonyl (C=O) groups excluding carboxylic acids is 2. The van der Waals surface area contributed by atoms with E-state index in [0.717, 1.165) is 5.56 Å². The molecule has 9 heteroatoms. The van der Waals surface area contributed by atoms with E-state index < -0.39 is 12.5 Å². The normalized spacial score (nSPS) is 10.6. The molecule has 0 radical (unpaired) electrons. The first kappa shape index (κ1) is 20.9. The number of hydrogen-bond acceptors (Lipinski definition) is 3.